The summed E-state index contributed by atoms with van der Waals surface area (Å²) in [5, 5.41) is 12.8. The molecule has 2 atom stereocenters. The molecule has 0 spiro atoms. The Morgan fingerprint density at radius 3 is 2.55 bits per heavy atom. The fraction of sp³-hybridized carbons (Fsp3) is 0.533. The summed E-state index contributed by atoms with van der Waals surface area (Å²) in [6.07, 6.45) is -0.667. The first-order valence-corrected chi connectivity index (χ1v) is 6.83. The summed E-state index contributed by atoms with van der Waals surface area (Å²) in [5.74, 6) is -0.317. The molecule has 0 radical (unpaired) electrons. The lowest BCUT2D eigenvalue weighted by Gasteiger charge is -2.21. The Morgan fingerprint density at radius 1 is 1.35 bits per heavy atom. The molecule has 1 aromatic carbocycles. The molecule has 4 N–H and O–H groups in total. The zero-order chi connectivity index (χ0) is 15.0. The van der Waals surface area contributed by atoms with Gasteiger partial charge in [-0.25, -0.2) is 0 Å². The molecule has 112 valence electrons. The quantitative estimate of drug-likeness (QED) is 0.620. The highest BCUT2D eigenvalue weighted by molar-refractivity contribution is 5.80. The van der Waals surface area contributed by atoms with Crippen LogP contribution in [0.4, 0.5) is 0 Å². The fourth-order valence-corrected chi connectivity index (χ4v) is 1.87. The zero-order valence-corrected chi connectivity index (χ0v) is 12.1. The molecule has 1 amide bonds. The minimum absolute atomic E-state index is 0.0879. The van der Waals surface area contributed by atoms with Crippen LogP contribution in [0.5, 0.6) is 0 Å². The summed E-state index contributed by atoms with van der Waals surface area (Å²) in [6.45, 7) is 4.76. The Bertz CT molecular complexity index is 395. The van der Waals surface area contributed by atoms with Crippen LogP contribution < -0.4 is 11.1 Å². The van der Waals surface area contributed by atoms with E-state index in [1.54, 1.807) is 0 Å². The van der Waals surface area contributed by atoms with Gasteiger partial charge in [0, 0.05) is 6.54 Å². The number of nitrogens with one attached hydrogen (secondary N) is 1. The van der Waals surface area contributed by atoms with Gasteiger partial charge >= 0.3 is 0 Å². The second-order valence-electron chi connectivity index (χ2n) is 5.19. The van der Waals surface area contributed by atoms with Gasteiger partial charge in [-0.2, -0.15) is 0 Å². The number of carbonyl (C=O) groups is 1. The highest BCUT2D eigenvalue weighted by Gasteiger charge is 2.19. The molecule has 0 fully saturated rings. The first-order valence-electron chi connectivity index (χ1n) is 6.83. The van der Waals surface area contributed by atoms with Crippen molar-refractivity contribution in [2.24, 2.45) is 11.7 Å². The van der Waals surface area contributed by atoms with Gasteiger partial charge in [-0.3, -0.25) is 4.79 Å². The molecule has 5 nitrogen and oxygen atoms in total. The van der Waals surface area contributed by atoms with Crippen LogP contribution in [0.2, 0.25) is 0 Å². The molecule has 5 heteroatoms. The van der Waals surface area contributed by atoms with Gasteiger partial charge in [-0.05, 0) is 11.5 Å². The topological polar surface area (TPSA) is 84.6 Å². The maximum Gasteiger partial charge on any atom is 0.234 e. The molecule has 0 aliphatic rings. The van der Waals surface area contributed by atoms with Crippen molar-refractivity contribution in [3.63, 3.8) is 0 Å². The van der Waals surface area contributed by atoms with E-state index in [0.717, 1.165) is 5.56 Å². The van der Waals surface area contributed by atoms with Crippen LogP contribution in [0.15, 0.2) is 30.3 Å². The third kappa shape index (κ3) is 6.14. The molecular weight excluding hydrogens is 256 g/mol. The number of nitrogens with two attached hydrogens (primary N) is 1. The molecule has 0 aromatic heterocycles. The molecule has 0 saturated carbocycles. The molecule has 0 heterocycles. The largest absolute Gasteiger partial charge is 0.389 e. The second-order valence-corrected chi connectivity index (χ2v) is 5.19. The predicted molar refractivity (Wildman–Crippen MR) is 77.9 cm³/mol. The Hall–Kier alpha value is -1.43. The Balaban J connectivity index is 2.23. The van der Waals surface area contributed by atoms with E-state index in [-0.39, 0.29) is 19.1 Å². The standard InChI is InChI=1S/C15H24N2O3/c1-11(2)14(15(16)19)17-8-13(18)10-20-9-12-6-4-3-5-7-12/h3-7,11,13-14,17-18H,8-10H2,1-2H3,(H2,16,19). The third-order valence-corrected chi connectivity index (χ3v) is 2.97. The summed E-state index contributed by atoms with van der Waals surface area (Å²) in [7, 11) is 0. The summed E-state index contributed by atoms with van der Waals surface area (Å²) in [5.41, 5.74) is 6.35. The molecule has 0 saturated heterocycles. The van der Waals surface area contributed by atoms with Gasteiger partial charge < -0.3 is 20.9 Å². The summed E-state index contributed by atoms with van der Waals surface area (Å²) in [4.78, 5) is 11.2. The highest BCUT2D eigenvalue weighted by Crippen LogP contribution is 2.02. The maximum atomic E-state index is 11.2. The van der Waals surface area contributed by atoms with Crippen LogP contribution in [-0.4, -0.2) is 36.3 Å². The molecule has 0 aliphatic carbocycles. The molecule has 0 aliphatic heterocycles. The van der Waals surface area contributed by atoms with Gasteiger partial charge in [-0.1, -0.05) is 44.2 Å². The lowest BCUT2D eigenvalue weighted by Crippen LogP contribution is -2.48. The van der Waals surface area contributed by atoms with E-state index in [1.165, 1.54) is 0 Å². The van der Waals surface area contributed by atoms with Gasteiger partial charge in [0.05, 0.1) is 25.4 Å². The second kappa shape index (κ2) is 8.68. The van der Waals surface area contributed by atoms with Crippen LogP contribution in [0, 0.1) is 5.92 Å². The third-order valence-electron chi connectivity index (χ3n) is 2.97. The summed E-state index contributed by atoms with van der Waals surface area (Å²) in [6, 6.07) is 9.32. The highest BCUT2D eigenvalue weighted by atomic mass is 16.5. The molecule has 1 aromatic rings. The average molecular weight is 280 g/mol. The van der Waals surface area contributed by atoms with Gasteiger partial charge in [0.2, 0.25) is 5.91 Å². The van der Waals surface area contributed by atoms with Crippen LogP contribution in [0.3, 0.4) is 0 Å². The van der Waals surface area contributed by atoms with Crippen molar-refractivity contribution in [1.29, 1.82) is 0 Å². The van der Waals surface area contributed by atoms with Crippen molar-refractivity contribution in [1.82, 2.24) is 5.32 Å². The van der Waals surface area contributed by atoms with Crippen LogP contribution in [0.25, 0.3) is 0 Å². The number of carbonyl (C=O) groups excluding carboxylic acids is 1. The number of hydrogen-bond donors (Lipinski definition) is 3. The lowest BCUT2D eigenvalue weighted by atomic mass is 10.0. The van der Waals surface area contributed by atoms with Gasteiger partial charge in [0.25, 0.3) is 0 Å². The van der Waals surface area contributed by atoms with Gasteiger partial charge in [0.15, 0.2) is 0 Å². The van der Waals surface area contributed by atoms with E-state index in [1.807, 2.05) is 44.2 Å². The number of amides is 1. The van der Waals surface area contributed by atoms with Crippen LogP contribution in [-0.2, 0) is 16.1 Å². The summed E-state index contributed by atoms with van der Waals surface area (Å²) >= 11 is 0. The van der Waals surface area contributed by atoms with Crippen molar-refractivity contribution in [2.75, 3.05) is 13.2 Å². The van der Waals surface area contributed by atoms with Crippen LogP contribution >= 0.6 is 0 Å². The van der Waals surface area contributed by atoms with Crippen molar-refractivity contribution >= 4 is 5.91 Å². The Labute approximate surface area is 120 Å². The Kier molecular flexibility index (Phi) is 7.22. The summed E-state index contributed by atoms with van der Waals surface area (Å²) < 4.78 is 5.43. The zero-order valence-electron chi connectivity index (χ0n) is 12.1. The number of ether oxygens (including phenoxy) is 1. The van der Waals surface area contributed by atoms with Crippen molar-refractivity contribution in [3.05, 3.63) is 35.9 Å². The number of aliphatic hydroxyl groups excluding tert-OH is 1. The minimum Gasteiger partial charge on any atom is -0.389 e. The van der Waals surface area contributed by atoms with Crippen molar-refractivity contribution in [3.8, 4) is 0 Å². The predicted octanol–water partition coefficient (Wildman–Crippen LogP) is 0.664. The fourth-order valence-electron chi connectivity index (χ4n) is 1.87. The molecular formula is C15H24N2O3. The number of hydrogen-bond acceptors (Lipinski definition) is 4. The van der Waals surface area contributed by atoms with Crippen molar-refractivity contribution in [2.45, 2.75) is 32.6 Å². The smallest absolute Gasteiger partial charge is 0.234 e. The first-order chi connectivity index (χ1) is 9.50. The van der Waals surface area contributed by atoms with E-state index in [2.05, 4.69) is 5.32 Å². The lowest BCUT2D eigenvalue weighted by molar-refractivity contribution is -0.121. The number of rotatable bonds is 9. The Morgan fingerprint density at radius 2 is 2.00 bits per heavy atom. The maximum absolute atomic E-state index is 11.2. The number of benzene rings is 1. The van der Waals surface area contributed by atoms with Crippen molar-refractivity contribution < 1.29 is 14.6 Å². The molecule has 2 unspecified atom stereocenters. The van der Waals surface area contributed by atoms with Gasteiger partial charge in [0.1, 0.15) is 0 Å². The van der Waals surface area contributed by atoms with E-state index in [9.17, 15) is 9.90 Å². The SMILES string of the molecule is CC(C)C(NCC(O)COCc1ccccc1)C(N)=O. The number of aliphatic hydroxyl groups is 1. The molecule has 20 heavy (non-hydrogen) atoms. The normalized spacial score (nSPS) is 14.2. The van der Waals surface area contributed by atoms with E-state index < -0.39 is 18.1 Å². The van der Waals surface area contributed by atoms with Crippen LogP contribution in [0.1, 0.15) is 19.4 Å². The van der Waals surface area contributed by atoms with E-state index in [0.29, 0.717) is 6.61 Å². The van der Waals surface area contributed by atoms with Gasteiger partial charge in [-0.15, -0.1) is 0 Å². The molecule has 0 bridgehead atoms. The molecule has 1 rings (SSSR count). The van der Waals surface area contributed by atoms with E-state index >= 15 is 0 Å². The van der Waals surface area contributed by atoms with E-state index in [4.69, 9.17) is 10.5 Å². The number of primary amides is 1. The monoisotopic (exact) mass is 280 g/mol. The first kappa shape index (κ1) is 16.6. The average Bonchev–Trinajstić information content (AvgIpc) is 2.39. The minimum atomic E-state index is -0.667.